The van der Waals surface area contributed by atoms with Crippen LogP contribution in [0.25, 0.3) is 0 Å². The summed E-state index contributed by atoms with van der Waals surface area (Å²) in [4.78, 5) is 20.7. The Morgan fingerprint density at radius 3 is 2.36 bits per heavy atom. The van der Waals surface area contributed by atoms with E-state index in [2.05, 4.69) is 0 Å². The first-order valence-electron chi connectivity index (χ1n) is 3.73. The van der Waals surface area contributed by atoms with Gasteiger partial charge in [-0.3, -0.25) is 4.79 Å². The van der Waals surface area contributed by atoms with E-state index < -0.39 is 5.97 Å². The summed E-state index contributed by atoms with van der Waals surface area (Å²) in [5.74, 6) is -0.556. The summed E-state index contributed by atoms with van der Waals surface area (Å²) in [5.41, 5.74) is 0. The number of carbonyl (C=O) groups excluding carboxylic acids is 1. The average Bonchev–Trinajstić information content (AvgIpc) is 1.82. The van der Waals surface area contributed by atoms with E-state index in [0.29, 0.717) is 12.8 Å². The number of rotatable bonds is 5. The lowest BCUT2D eigenvalue weighted by Gasteiger charge is -2.05. The SMILES string of the molecule is CC(=O)CC[C@H](C)CC(=O)O. The van der Waals surface area contributed by atoms with Crippen molar-refractivity contribution in [3.8, 4) is 0 Å². The molecule has 0 amide bonds. The fraction of sp³-hybridized carbons (Fsp3) is 0.750. The van der Waals surface area contributed by atoms with Crippen molar-refractivity contribution in [2.24, 2.45) is 5.92 Å². The zero-order valence-electron chi connectivity index (χ0n) is 6.96. The molecule has 0 unspecified atom stereocenters. The first-order chi connectivity index (χ1) is 5.02. The molecule has 0 saturated heterocycles. The summed E-state index contributed by atoms with van der Waals surface area (Å²) in [5, 5.41) is 8.36. The van der Waals surface area contributed by atoms with Gasteiger partial charge in [0, 0.05) is 12.8 Å². The molecule has 0 rings (SSSR count). The summed E-state index contributed by atoms with van der Waals surface area (Å²) < 4.78 is 0. The van der Waals surface area contributed by atoms with Crippen LogP contribution in [0.3, 0.4) is 0 Å². The number of carboxylic acids is 1. The molecule has 64 valence electrons. The molecule has 0 saturated carbocycles. The Bertz CT molecular complexity index is 151. The molecule has 0 bridgehead atoms. The maximum absolute atomic E-state index is 10.5. The number of carboxylic acid groups (broad SMARTS) is 1. The van der Waals surface area contributed by atoms with Crippen molar-refractivity contribution in [3.05, 3.63) is 0 Å². The van der Waals surface area contributed by atoms with Gasteiger partial charge in [0.2, 0.25) is 0 Å². The molecule has 0 fully saturated rings. The van der Waals surface area contributed by atoms with E-state index in [-0.39, 0.29) is 18.1 Å². The van der Waals surface area contributed by atoms with Crippen LogP contribution in [0.15, 0.2) is 0 Å². The summed E-state index contributed by atoms with van der Waals surface area (Å²) >= 11 is 0. The highest BCUT2D eigenvalue weighted by Gasteiger charge is 2.07. The fourth-order valence-electron chi connectivity index (χ4n) is 0.850. The Hall–Kier alpha value is -0.860. The molecule has 0 aromatic rings. The molecular weight excluding hydrogens is 144 g/mol. The first kappa shape index (κ1) is 10.1. The number of hydrogen-bond donors (Lipinski definition) is 1. The van der Waals surface area contributed by atoms with Gasteiger partial charge in [-0.2, -0.15) is 0 Å². The maximum Gasteiger partial charge on any atom is 0.303 e. The third kappa shape index (κ3) is 7.03. The van der Waals surface area contributed by atoms with E-state index >= 15 is 0 Å². The van der Waals surface area contributed by atoms with Gasteiger partial charge in [0.15, 0.2) is 0 Å². The molecular formula is C8H14O3. The van der Waals surface area contributed by atoms with Gasteiger partial charge in [0.1, 0.15) is 5.78 Å². The van der Waals surface area contributed by atoms with Crippen molar-refractivity contribution in [2.75, 3.05) is 0 Å². The number of hydrogen-bond acceptors (Lipinski definition) is 2. The summed E-state index contributed by atoms with van der Waals surface area (Å²) in [6.45, 7) is 3.37. The normalized spacial score (nSPS) is 12.5. The second-order valence-corrected chi connectivity index (χ2v) is 2.94. The van der Waals surface area contributed by atoms with E-state index in [1.165, 1.54) is 6.92 Å². The van der Waals surface area contributed by atoms with Crippen LogP contribution in [-0.4, -0.2) is 16.9 Å². The van der Waals surface area contributed by atoms with Gasteiger partial charge in [0.05, 0.1) is 0 Å². The van der Waals surface area contributed by atoms with E-state index in [4.69, 9.17) is 5.11 Å². The van der Waals surface area contributed by atoms with Gasteiger partial charge in [-0.1, -0.05) is 6.92 Å². The van der Waals surface area contributed by atoms with Crippen LogP contribution in [0.4, 0.5) is 0 Å². The molecule has 0 aliphatic heterocycles. The van der Waals surface area contributed by atoms with Gasteiger partial charge < -0.3 is 9.90 Å². The van der Waals surface area contributed by atoms with Gasteiger partial charge >= 0.3 is 5.97 Å². The van der Waals surface area contributed by atoms with E-state index in [0.717, 1.165) is 0 Å². The zero-order chi connectivity index (χ0) is 8.85. The van der Waals surface area contributed by atoms with Crippen molar-refractivity contribution in [3.63, 3.8) is 0 Å². The summed E-state index contributed by atoms with van der Waals surface area (Å²) in [7, 11) is 0. The monoisotopic (exact) mass is 158 g/mol. The third-order valence-corrected chi connectivity index (χ3v) is 1.51. The maximum atomic E-state index is 10.5. The Morgan fingerprint density at radius 1 is 1.45 bits per heavy atom. The molecule has 0 radical (unpaired) electrons. The second kappa shape index (κ2) is 4.88. The third-order valence-electron chi connectivity index (χ3n) is 1.51. The Balaban J connectivity index is 3.44. The molecule has 0 aliphatic rings. The van der Waals surface area contributed by atoms with Gasteiger partial charge in [-0.25, -0.2) is 0 Å². The van der Waals surface area contributed by atoms with Crippen molar-refractivity contribution >= 4 is 11.8 Å². The van der Waals surface area contributed by atoms with E-state index in [9.17, 15) is 9.59 Å². The Morgan fingerprint density at radius 2 is 2.00 bits per heavy atom. The van der Waals surface area contributed by atoms with Crippen molar-refractivity contribution in [1.82, 2.24) is 0 Å². The van der Waals surface area contributed by atoms with E-state index in [1.807, 2.05) is 6.92 Å². The van der Waals surface area contributed by atoms with Gasteiger partial charge in [0.25, 0.3) is 0 Å². The number of carbonyl (C=O) groups is 2. The van der Waals surface area contributed by atoms with Crippen LogP contribution in [-0.2, 0) is 9.59 Å². The average molecular weight is 158 g/mol. The minimum atomic E-state index is -0.791. The van der Waals surface area contributed by atoms with Crippen LogP contribution in [0.2, 0.25) is 0 Å². The van der Waals surface area contributed by atoms with Crippen molar-refractivity contribution in [2.45, 2.75) is 33.1 Å². The molecule has 0 spiro atoms. The molecule has 0 aliphatic carbocycles. The molecule has 0 heterocycles. The van der Waals surface area contributed by atoms with Crippen molar-refractivity contribution < 1.29 is 14.7 Å². The van der Waals surface area contributed by atoms with Crippen LogP contribution >= 0.6 is 0 Å². The van der Waals surface area contributed by atoms with Crippen LogP contribution in [0, 0.1) is 5.92 Å². The molecule has 1 N–H and O–H groups in total. The van der Waals surface area contributed by atoms with Crippen LogP contribution in [0.5, 0.6) is 0 Å². The second-order valence-electron chi connectivity index (χ2n) is 2.94. The van der Waals surface area contributed by atoms with E-state index in [1.54, 1.807) is 0 Å². The summed E-state index contributed by atoms with van der Waals surface area (Å²) in [6.07, 6.45) is 1.34. The van der Waals surface area contributed by atoms with Gasteiger partial charge in [-0.05, 0) is 19.3 Å². The standard InChI is InChI=1S/C8H14O3/c1-6(5-8(10)11)3-4-7(2)9/h6H,3-5H2,1-2H3,(H,10,11)/t6-/m0/s1. The fourth-order valence-corrected chi connectivity index (χ4v) is 0.850. The molecule has 3 heteroatoms. The number of Topliss-reactive ketones (excluding diaryl/α,β-unsaturated/α-hetero) is 1. The first-order valence-corrected chi connectivity index (χ1v) is 3.73. The minimum absolute atomic E-state index is 0.108. The molecule has 1 atom stereocenters. The van der Waals surface area contributed by atoms with Crippen LogP contribution < -0.4 is 0 Å². The largest absolute Gasteiger partial charge is 0.481 e. The highest BCUT2D eigenvalue weighted by Crippen LogP contribution is 2.09. The topological polar surface area (TPSA) is 54.4 Å². The lowest BCUT2D eigenvalue weighted by atomic mass is 10.0. The number of aliphatic carboxylic acids is 1. The lowest BCUT2D eigenvalue weighted by Crippen LogP contribution is -2.05. The molecule has 11 heavy (non-hydrogen) atoms. The van der Waals surface area contributed by atoms with Crippen molar-refractivity contribution in [1.29, 1.82) is 0 Å². The predicted octanol–water partition coefficient (Wildman–Crippen LogP) is 1.47. The quantitative estimate of drug-likeness (QED) is 0.659. The highest BCUT2D eigenvalue weighted by atomic mass is 16.4. The zero-order valence-corrected chi connectivity index (χ0v) is 6.96. The molecule has 0 aromatic heterocycles. The summed E-state index contributed by atoms with van der Waals surface area (Å²) in [6, 6.07) is 0. The predicted molar refractivity (Wildman–Crippen MR) is 41.3 cm³/mol. The van der Waals surface area contributed by atoms with Crippen LogP contribution in [0.1, 0.15) is 33.1 Å². The highest BCUT2D eigenvalue weighted by molar-refractivity contribution is 5.75. The lowest BCUT2D eigenvalue weighted by molar-refractivity contribution is -0.138. The smallest absolute Gasteiger partial charge is 0.303 e. The van der Waals surface area contributed by atoms with Gasteiger partial charge in [-0.15, -0.1) is 0 Å². The Kier molecular flexibility index (Phi) is 4.50. The molecule has 3 nitrogen and oxygen atoms in total. The minimum Gasteiger partial charge on any atom is -0.481 e. The Labute approximate surface area is 66.4 Å². The number of ketones is 1. The molecule has 0 aromatic carbocycles.